The minimum absolute atomic E-state index is 0.0165. The summed E-state index contributed by atoms with van der Waals surface area (Å²) in [4.78, 5) is 25.4. The molecule has 1 aliphatic rings. The van der Waals surface area contributed by atoms with Crippen LogP contribution in [0.3, 0.4) is 0 Å². The summed E-state index contributed by atoms with van der Waals surface area (Å²) in [5.74, 6) is 0.561. The number of halogens is 1. The molecule has 0 bridgehead atoms. The molecule has 1 aromatic rings. The number of hydrogen-bond donors (Lipinski definition) is 1. The smallest absolute Gasteiger partial charge is 0.305 e. The molecule has 0 radical (unpaired) electrons. The molecule has 1 fully saturated rings. The summed E-state index contributed by atoms with van der Waals surface area (Å²) in [7, 11) is 0. The number of benzene rings is 1. The first-order valence-corrected chi connectivity index (χ1v) is 8.85. The number of carboxylic acid groups (broad SMARTS) is 1. The predicted molar refractivity (Wildman–Crippen MR) is 89.4 cm³/mol. The van der Waals surface area contributed by atoms with Crippen molar-refractivity contribution in [1.29, 1.82) is 0 Å². The predicted octanol–water partition coefficient (Wildman–Crippen LogP) is 2.94. The van der Waals surface area contributed by atoms with Crippen LogP contribution in [0, 0.1) is 5.92 Å². The molecule has 2 unspecified atom stereocenters. The molecule has 6 heteroatoms. The molecule has 1 aliphatic heterocycles. The van der Waals surface area contributed by atoms with Gasteiger partial charge in [0.05, 0.1) is 12.5 Å². The molecule has 120 valence electrons. The summed E-state index contributed by atoms with van der Waals surface area (Å²) >= 11 is 7.68. The molecule has 1 aromatic carbocycles. The van der Waals surface area contributed by atoms with Gasteiger partial charge in [0.1, 0.15) is 0 Å². The zero-order chi connectivity index (χ0) is 16.1. The number of carbonyl (C=O) groups is 2. The Hall–Kier alpha value is -1.20. The largest absolute Gasteiger partial charge is 0.481 e. The fourth-order valence-corrected chi connectivity index (χ4v) is 3.98. The maximum atomic E-state index is 12.7. The third kappa shape index (κ3) is 4.65. The third-order valence-electron chi connectivity index (χ3n) is 3.77. The van der Waals surface area contributed by atoms with E-state index >= 15 is 0 Å². The van der Waals surface area contributed by atoms with E-state index in [2.05, 4.69) is 0 Å². The van der Waals surface area contributed by atoms with Gasteiger partial charge in [0.15, 0.2) is 0 Å². The van der Waals surface area contributed by atoms with E-state index in [4.69, 9.17) is 16.7 Å². The first-order valence-electron chi connectivity index (χ1n) is 7.32. The van der Waals surface area contributed by atoms with Crippen molar-refractivity contribution in [3.05, 3.63) is 34.9 Å². The Bertz CT molecular complexity index is 552. The molecule has 1 saturated heterocycles. The van der Waals surface area contributed by atoms with E-state index in [9.17, 15) is 9.59 Å². The molecule has 1 amide bonds. The van der Waals surface area contributed by atoms with Crippen LogP contribution >= 0.6 is 23.4 Å². The van der Waals surface area contributed by atoms with Crippen LogP contribution in [-0.2, 0) is 16.0 Å². The van der Waals surface area contributed by atoms with Gasteiger partial charge in [0, 0.05) is 29.0 Å². The summed E-state index contributed by atoms with van der Waals surface area (Å²) < 4.78 is 0. The molecular weight excluding hydrogens is 322 g/mol. The van der Waals surface area contributed by atoms with Gasteiger partial charge >= 0.3 is 5.97 Å². The van der Waals surface area contributed by atoms with E-state index < -0.39 is 5.97 Å². The van der Waals surface area contributed by atoms with Crippen molar-refractivity contribution >= 4 is 35.2 Å². The van der Waals surface area contributed by atoms with Crippen LogP contribution in [0.15, 0.2) is 24.3 Å². The van der Waals surface area contributed by atoms with Gasteiger partial charge in [0.2, 0.25) is 5.91 Å². The van der Waals surface area contributed by atoms with Crippen molar-refractivity contribution in [2.45, 2.75) is 25.8 Å². The van der Waals surface area contributed by atoms with Gasteiger partial charge in [-0.15, -0.1) is 0 Å². The second kappa shape index (κ2) is 7.88. The maximum absolute atomic E-state index is 12.7. The topological polar surface area (TPSA) is 57.6 Å². The number of carboxylic acids is 1. The van der Waals surface area contributed by atoms with E-state index in [1.807, 2.05) is 31.2 Å². The van der Waals surface area contributed by atoms with Crippen molar-refractivity contribution in [3.63, 3.8) is 0 Å². The summed E-state index contributed by atoms with van der Waals surface area (Å²) in [5, 5.41) is 9.67. The van der Waals surface area contributed by atoms with Gasteiger partial charge in [0.25, 0.3) is 0 Å². The minimum atomic E-state index is -0.854. The van der Waals surface area contributed by atoms with Gasteiger partial charge < -0.3 is 10.0 Å². The van der Waals surface area contributed by atoms with Crippen LogP contribution in [0.2, 0.25) is 5.02 Å². The lowest BCUT2D eigenvalue weighted by Crippen LogP contribution is -2.49. The fraction of sp³-hybridized carbons (Fsp3) is 0.500. The first kappa shape index (κ1) is 17.2. The number of amides is 1. The van der Waals surface area contributed by atoms with Crippen LogP contribution in [0.4, 0.5) is 0 Å². The Morgan fingerprint density at radius 3 is 2.95 bits per heavy atom. The normalized spacial score (nSPS) is 19.7. The number of thioether (sulfide) groups is 1. The second-order valence-corrected chi connectivity index (χ2v) is 7.18. The number of rotatable bonds is 5. The summed E-state index contributed by atoms with van der Waals surface area (Å²) in [6, 6.07) is 7.30. The SMILES string of the molecule is CC(Cc1cccc(Cl)c1)C(=O)N1CCSCC1CC(=O)O. The van der Waals surface area contributed by atoms with Crippen molar-refractivity contribution in [2.24, 2.45) is 5.92 Å². The molecule has 0 saturated carbocycles. The third-order valence-corrected chi connectivity index (χ3v) is 5.10. The molecule has 0 aliphatic carbocycles. The van der Waals surface area contributed by atoms with Gasteiger partial charge in [-0.1, -0.05) is 30.7 Å². The average Bonchev–Trinajstić information content (AvgIpc) is 2.46. The standard InChI is InChI=1S/C16H20ClNO3S/c1-11(7-12-3-2-4-13(17)8-12)16(21)18-5-6-22-10-14(18)9-15(19)20/h2-4,8,11,14H,5-7,9-10H2,1H3,(H,19,20). The molecule has 0 spiro atoms. The lowest BCUT2D eigenvalue weighted by molar-refractivity contribution is -0.141. The van der Waals surface area contributed by atoms with E-state index in [1.165, 1.54) is 0 Å². The number of nitrogens with zero attached hydrogens (tertiary/aromatic N) is 1. The van der Waals surface area contributed by atoms with Crippen LogP contribution in [0.5, 0.6) is 0 Å². The number of carbonyl (C=O) groups excluding carboxylic acids is 1. The number of aliphatic carboxylic acids is 1. The molecule has 4 nitrogen and oxygen atoms in total. The molecule has 22 heavy (non-hydrogen) atoms. The highest BCUT2D eigenvalue weighted by Crippen LogP contribution is 2.23. The summed E-state index contributed by atoms with van der Waals surface area (Å²) in [5.41, 5.74) is 1.02. The Morgan fingerprint density at radius 2 is 2.27 bits per heavy atom. The molecule has 1 heterocycles. The van der Waals surface area contributed by atoms with Gasteiger partial charge in [-0.25, -0.2) is 0 Å². The van der Waals surface area contributed by atoms with E-state index in [1.54, 1.807) is 16.7 Å². The molecule has 2 rings (SSSR count). The fourth-order valence-electron chi connectivity index (χ4n) is 2.70. The minimum Gasteiger partial charge on any atom is -0.481 e. The highest BCUT2D eigenvalue weighted by molar-refractivity contribution is 7.99. The second-order valence-electron chi connectivity index (χ2n) is 5.59. The van der Waals surface area contributed by atoms with Gasteiger partial charge in [-0.3, -0.25) is 9.59 Å². The van der Waals surface area contributed by atoms with Crippen molar-refractivity contribution < 1.29 is 14.7 Å². The van der Waals surface area contributed by atoms with Crippen molar-refractivity contribution in [1.82, 2.24) is 4.90 Å². The molecular formula is C16H20ClNO3S. The zero-order valence-electron chi connectivity index (χ0n) is 12.5. The van der Waals surface area contributed by atoms with Gasteiger partial charge in [-0.05, 0) is 24.1 Å². The summed E-state index contributed by atoms with van der Waals surface area (Å²) in [6.07, 6.45) is 0.630. The molecule has 0 aromatic heterocycles. The highest BCUT2D eigenvalue weighted by atomic mass is 35.5. The Morgan fingerprint density at radius 1 is 1.50 bits per heavy atom. The average molecular weight is 342 g/mol. The molecule has 1 N–H and O–H groups in total. The monoisotopic (exact) mass is 341 g/mol. The van der Waals surface area contributed by atoms with E-state index in [0.29, 0.717) is 23.7 Å². The lowest BCUT2D eigenvalue weighted by Gasteiger charge is -2.36. The maximum Gasteiger partial charge on any atom is 0.305 e. The van der Waals surface area contributed by atoms with Crippen molar-refractivity contribution in [3.8, 4) is 0 Å². The molecule has 2 atom stereocenters. The Kier molecular flexibility index (Phi) is 6.15. The zero-order valence-corrected chi connectivity index (χ0v) is 14.1. The quantitative estimate of drug-likeness (QED) is 0.894. The van der Waals surface area contributed by atoms with Crippen molar-refractivity contribution in [2.75, 3.05) is 18.1 Å². The highest BCUT2D eigenvalue weighted by Gasteiger charge is 2.31. The number of hydrogen-bond acceptors (Lipinski definition) is 3. The first-order chi connectivity index (χ1) is 10.5. The lowest BCUT2D eigenvalue weighted by atomic mass is 9.98. The Balaban J connectivity index is 2.02. The Labute approximate surface area is 139 Å². The van der Waals surface area contributed by atoms with Gasteiger partial charge in [-0.2, -0.15) is 11.8 Å². The van der Waals surface area contributed by atoms with E-state index in [-0.39, 0.29) is 24.3 Å². The van der Waals surface area contributed by atoms with Crippen LogP contribution in [0.1, 0.15) is 18.9 Å². The summed E-state index contributed by atoms with van der Waals surface area (Å²) in [6.45, 7) is 2.52. The van der Waals surface area contributed by atoms with E-state index in [0.717, 1.165) is 11.3 Å². The van der Waals surface area contributed by atoms with Crippen LogP contribution < -0.4 is 0 Å². The van der Waals surface area contributed by atoms with Crippen LogP contribution in [0.25, 0.3) is 0 Å². The van der Waals surface area contributed by atoms with Crippen LogP contribution in [-0.4, -0.2) is 46.0 Å².